The molecule has 0 radical (unpaired) electrons. The molecule has 2 atom stereocenters. The molecule has 0 aromatic rings. The first-order valence-electron chi connectivity index (χ1n) is 4.21. The molecule has 1 aliphatic heterocycles. The Labute approximate surface area is 66.8 Å². The molecular weight excluding hydrogens is 142 g/mol. The van der Waals surface area contributed by atoms with Gasteiger partial charge in [0.15, 0.2) is 0 Å². The summed E-state index contributed by atoms with van der Waals surface area (Å²) in [7, 11) is 0. The number of carbonyl (C=O) groups is 1. The van der Waals surface area contributed by atoms with Crippen LogP contribution in [0.2, 0.25) is 0 Å². The smallest absolute Gasteiger partial charge is 0.0833 e. The molecule has 1 heterocycles. The molecule has 64 valence electrons. The molecule has 1 rings (SSSR count). The minimum Gasteiger partial charge on any atom is -0.550 e. The van der Waals surface area contributed by atoms with E-state index in [2.05, 4.69) is 12.2 Å². The normalized spacial score (nSPS) is 31.7. The lowest BCUT2D eigenvalue weighted by atomic mass is 9.91. The summed E-state index contributed by atoms with van der Waals surface area (Å²) in [6, 6.07) is 0.591. The summed E-state index contributed by atoms with van der Waals surface area (Å²) in [4.78, 5) is 10.3. The fourth-order valence-corrected chi connectivity index (χ4v) is 1.78. The van der Waals surface area contributed by atoms with Gasteiger partial charge in [0, 0.05) is 12.4 Å². The lowest BCUT2D eigenvalue weighted by molar-refractivity contribution is -0.696. The summed E-state index contributed by atoms with van der Waals surface area (Å²) >= 11 is 0. The van der Waals surface area contributed by atoms with E-state index in [0.29, 0.717) is 12.0 Å². The van der Waals surface area contributed by atoms with Crippen molar-refractivity contribution in [2.24, 2.45) is 5.92 Å². The van der Waals surface area contributed by atoms with Crippen LogP contribution < -0.4 is 10.4 Å². The van der Waals surface area contributed by atoms with E-state index in [9.17, 15) is 9.90 Å². The molecule has 2 N–H and O–H groups in total. The minimum absolute atomic E-state index is 0.248. The molecule has 1 aliphatic rings. The number of nitrogens with two attached hydrogens (primary N) is 1. The van der Waals surface area contributed by atoms with Crippen LogP contribution in [0.1, 0.15) is 26.2 Å². The number of rotatable bonds is 2. The number of hydrogen-bond donors (Lipinski definition) is 1. The van der Waals surface area contributed by atoms with Gasteiger partial charge in [-0.05, 0) is 25.7 Å². The van der Waals surface area contributed by atoms with Gasteiger partial charge in [0.2, 0.25) is 0 Å². The van der Waals surface area contributed by atoms with Crippen LogP contribution in [0.25, 0.3) is 0 Å². The Bertz CT molecular complexity index is 147. The first kappa shape index (κ1) is 8.53. The van der Waals surface area contributed by atoms with Crippen LogP contribution in [0, 0.1) is 5.92 Å². The fourth-order valence-electron chi connectivity index (χ4n) is 1.78. The average Bonchev–Trinajstić information content (AvgIpc) is 1.85. The molecule has 0 spiro atoms. The molecule has 0 aromatic heterocycles. The topological polar surface area (TPSA) is 56.7 Å². The van der Waals surface area contributed by atoms with Gasteiger partial charge in [-0.3, -0.25) is 0 Å². The number of quaternary nitrogens is 1. The van der Waals surface area contributed by atoms with Crippen LogP contribution in [0.5, 0.6) is 0 Å². The zero-order valence-electron chi connectivity index (χ0n) is 6.88. The Morgan fingerprint density at radius 1 is 1.73 bits per heavy atom. The third kappa shape index (κ3) is 2.89. The largest absolute Gasteiger partial charge is 0.550 e. The van der Waals surface area contributed by atoms with E-state index < -0.39 is 5.97 Å². The molecule has 0 saturated carbocycles. The van der Waals surface area contributed by atoms with Crippen molar-refractivity contribution in [2.45, 2.75) is 32.2 Å². The highest BCUT2D eigenvalue weighted by Gasteiger charge is 2.20. The van der Waals surface area contributed by atoms with Crippen LogP contribution in [0.3, 0.4) is 0 Å². The Morgan fingerprint density at radius 2 is 2.45 bits per heavy atom. The van der Waals surface area contributed by atoms with Crippen LogP contribution in [0.15, 0.2) is 0 Å². The molecule has 0 aromatic carbocycles. The molecule has 0 unspecified atom stereocenters. The van der Waals surface area contributed by atoms with E-state index in [-0.39, 0.29) is 6.42 Å². The van der Waals surface area contributed by atoms with Crippen molar-refractivity contribution in [3.05, 3.63) is 0 Å². The summed E-state index contributed by atoms with van der Waals surface area (Å²) in [5.41, 5.74) is 0. The third-order valence-electron chi connectivity index (χ3n) is 2.30. The van der Waals surface area contributed by atoms with Crippen LogP contribution >= 0.6 is 0 Å². The van der Waals surface area contributed by atoms with Crippen LogP contribution in [0.4, 0.5) is 0 Å². The molecule has 3 heteroatoms. The highest BCUT2D eigenvalue weighted by atomic mass is 16.4. The average molecular weight is 157 g/mol. The second-order valence-corrected chi connectivity index (χ2v) is 3.47. The van der Waals surface area contributed by atoms with Crippen molar-refractivity contribution in [3.8, 4) is 0 Å². The van der Waals surface area contributed by atoms with E-state index in [1.807, 2.05) is 0 Å². The summed E-state index contributed by atoms with van der Waals surface area (Å²) in [5, 5.41) is 12.5. The maximum absolute atomic E-state index is 10.3. The lowest BCUT2D eigenvalue weighted by Gasteiger charge is -2.25. The molecule has 0 amide bonds. The monoisotopic (exact) mass is 157 g/mol. The Kier molecular flexibility index (Phi) is 2.88. The van der Waals surface area contributed by atoms with E-state index in [1.54, 1.807) is 0 Å². The molecule has 0 aliphatic carbocycles. The fraction of sp³-hybridized carbons (Fsp3) is 0.875. The summed E-state index contributed by atoms with van der Waals surface area (Å²) in [6.07, 6.45) is 2.30. The SMILES string of the molecule is C[C@H]1C[C@H](CC(=O)[O-])CC[NH2+]1. The highest BCUT2D eigenvalue weighted by molar-refractivity contribution is 5.64. The predicted molar refractivity (Wildman–Crippen MR) is 38.6 cm³/mol. The van der Waals surface area contributed by atoms with Gasteiger partial charge in [-0.25, -0.2) is 0 Å². The predicted octanol–water partition coefficient (Wildman–Crippen LogP) is -1.51. The van der Waals surface area contributed by atoms with Gasteiger partial charge in [-0.2, -0.15) is 0 Å². The second-order valence-electron chi connectivity index (χ2n) is 3.47. The number of carboxylic acids is 1. The number of carbonyl (C=O) groups excluding carboxylic acids is 1. The van der Waals surface area contributed by atoms with Crippen molar-refractivity contribution < 1.29 is 15.2 Å². The van der Waals surface area contributed by atoms with Gasteiger partial charge in [0.1, 0.15) is 0 Å². The first-order chi connectivity index (χ1) is 5.18. The lowest BCUT2D eigenvalue weighted by Crippen LogP contribution is -2.91. The molecule has 0 bridgehead atoms. The van der Waals surface area contributed by atoms with Crippen molar-refractivity contribution in [1.29, 1.82) is 0 Å². The summed E-state index contributed by atoms with van der Waals surface area (Å²) in [5.74, 6) is -0.538. The van der Waals surface area contributed by atoms with Gasteiger partial charge < -0.3 is 15.2 Å². The quantitative estimate of drug-likeness (QED) is 0.529. The van der Waals surface area contributed by atoms with Crippen molar-refractivity contribution in [2.75, 3.05) is 6.54 Å². The third-order valence-corrected chi connectivity index (χ3v) is 2.30. The molecule has 3 nitrogen and oxygen atoms in total. The van der Waals surface area contributed by atoms with E-state index in [1.165, 1.54) is 0 Å². The number of aliphatic carboxylic acids is 1. The molecular formula is C8H15NO2. The van der Waals surface area contributed by atoms with E-state index >= 15 is 0 Å². The zero-order chi connectivity index (χ0) is 8.27. The van der Waals surface area contributed by atoms with Crippen molar-refractivity contribution in [3.63, 3.8) is 0 Å². The van der Waals surface area contributed by atoms with E-state index in [0.717, 1.165) is 19.4 Å². The Morgan fingerprint density at radius 3 is 3.00 bits per heavy atom. The number of hydrogen-bond acceptors (Lipinski definition) is 2. The summed E-state index contributed by atoms with van der Waals surface area (Å²) < 4.78 is 0. The second kappa shape index (κ2) is 3.72. The van der Waals surface area contributed by atoms with Gasteiger partial charge in [-0.1, -0.05) is 0 Å². The van der Waals surface area contributed by atoms with Gasteiger partial charge in [-0.15, -0.1) is 0 Å². The van der Waals surface area contributed by atoms with Gasteiger partial charge >= 0.3 is 0 Å². The standard InChI is InChI=1S/C8H15NO2/c1-6-4-7(2-3-9-6)5-8(10)11/h6-7,9H,2-5H2,1H3,(H,10,11)/t6-,7+/m0/s1. The molecule has 1 saturated heterocycles. The molecule has 11 heavy (non-hydrogen) atoms. The van der Waals surface area contributed by atoms with Crippen molar-refractivity contribution >= 4 is 5.97 Å². The number of carboxylic acid groups (broad SMARTS) is 1. The highest BCUT2D eigenvalue weighted by Crippen LogP contribution is 2.15. The number of piperidine rings is 1. The van der Waals surface area contributed by atoms with Gasteiger partial charge in [0.25, 0.3) is 0 Å². The molecule has 1 fully saturated rings. The minimum atomic E-state index is -0.899. The van der Waals surface area contributed by atoms with E-state index in [4.69, 9.17) is 0 Å². The van der Waals surface area contributed by atoms with Gasteiger partial charge in [0.05, 0.1) is 12.6 Å². The van der Waals surface area contributed by atoms with Crippen LogP contribution in [-0.2, 0) is 4.79 Å². The Balaban J connectivity index is 2.28. The van der Waals surface area contributed by atoms with Crippen molar-refractivity contribution in [1.82, 2.24) is 0 Å². The Hall–Kier alpha value is -0.570. The maximum Gasteiger partial charge on any atom is 0.0833 e. The summed E-state index contributed by atoms with van der Waals surface area (Å²) in [6.45, 7) is 3.21. The maximum atomic E-state index is 10.3. The zero-order valence-corrected chi connectivity index (χ0v) is 6.88. The first-order valence-corrected chi connectivity index (χ1v) is 4.21. The van der Waals surface area contributed by atoms with Crippen LogP contribution in [-0.4, -0.2) is 18.6 Å².